The lowest BCUT2D eigenvalue weighted by atomic mass is 9.94. The number of ether oxygens (including phenoxy) is 1. The molecular weight excluding hydrogens is 180 g/mol. The van der Waals surface area contributed by atoms with Crippen LogP contribution in [0.15, 0.2) is 0 Å². The van der Waals surface area contributed by atoms with Crippen LogP contribution in [-0.4, -0.2) is 19.1 Å². The minimum absolute atomic E-state index is 0.187. The highest BCUT2D eigenvalue weighted by atomic mass is 16.5. The molecule has 0 aromatic carbocycles. The van der Waals surface area contributed by atoms with Crippen LogP contribution < -0.4 is 11.3 Å². The second-order valence-electron chi connectivity index (χ2n) is 4.12. The first-order valence-electron chi connectivity index (χ1n) is 5.13. The van der Waals surface area contributed by atoms with Gasteiger partial charge in [0.2, 0.25) is 5.91 Å². The van der Waals surface area contributed by atoms with Gasteiger partial charge < -0.3 is 4.74 Å². The molecule has 0 aliphatic carbocycles. The van der Waals surface area contributed by atoms with Crippen LogP contribution >= 0.6 is 0 Å². The molecular formula is C10H22N2O2. The van der Waals surface area contributed by atoms with Gasteiger partial charge in [0.15, 0.2) is 0 Å². The molecule has 0 saturated heterocycles. The Morgan fingerprint density at radius 1 is 1.43 bits per heavy atom. The molecule has 0 aliphatic rings. The molecule has 3 N–H and O–H groups in total. The number of unbranched alkanes of at least 4 members (excludes halogenated alkanes) is 2. The summed E-state index contributed by atoms with van der Waals surface area (Å²) in [7, 11) is 0. The van der Waals surface area contributed by atoms with Gasteiger partial charge in [0.05, 0.1) is 12.0 Å². The lowest BCUT2D eigenvalue weighted by Crippen LogP contribution is -2.43. The average Bonchev–Trinajstić information content (AvgIpc) is 2.16. The molecule has 1 amide bonds. The van der Waals surface area contributed by atoms with E-state index in [4.69, 9.17) is 10.6 Å². The van der Waals surface area contributed by atoms with Gasteiger partial charge >= 0.3 is 0 Å². The minimum atomic E-state index is -0.541. The Morgan fingerprint density at radius 3 is 2.57 bits per heavy atom. The molecule has 0 heterocycles. The normalized spacial score (nSPS) is 11.4. The zero-order valence-electron chi connectivity index (χ0n) is 9.43. The van der Waals surface area contributed by atoms with Crippen molar-refractivity contribution in [3.8, 4) is 0 Å². The maximum absolute atomic E-state index is 11.2. The second kappa shape index (κ2) is 6.79. The molecule has 4 heteroatoms. The molecule has 0 saturated carbocycles. The van der Waals surface area contributed by atoms with Crippen LogP contribution in [0, 0.1) is 5.41 Å². The van der Waals surface area contributed by atoms with Crippen molar-refractivity contribution in [1.82, 2.24) is 5.43 Å². The van der Waals surface area contributed by atoms with Crippen molar-refractivity contribution in [2.24, 2.45) is 11.3 Å². The molecule has 0 aromatic rings. The summed E-state index contributed by atoms with van der Waals surface area (Å²) in [5.74, 6) is 4.87. The molecule has 0 fully saturated rings. The molecule has 0 bridgehead atoms. The molecule has 0 radical (unpaired) electrons. The van der Waals surface area contributed by atoms with Gasteiger partial charge in [-0.05, 0) is 20.3 Å². The molecule has 0 aliphatic heterocycles. The number of amides is 1. The average molecular weight is 202 g/mol. The van der Waals surface area contributed by atoms with Crippen molar-refractivity contribution in [2.45, 2.75) is 40.0 Å². The topological polar surface area (TPSA) is 64.3 Å². The number of rotatable bonds is 7. The summed E-state index contributed by atoms with van der Waals surface area (Å²) in [5.41, 5.74) is 1.60. The molecule has 4 nitrogen and oxygen atoms in total. The van der Waals surface area contributed by atoms with Crippen LogP contribution in [0.5, 0.6) is 0 Å². The molecule has 0 aromatic heterocycles. The van der Waals surface area contributed by atoms with Gasteiger partial charge in [0.1, 0.15) is 0 Å². The fourth-order valence-electron chi connectivity index (χ4n) is 1.04. The van der Waals surface area contributed by atoms with Crippen LogP contribution in [0.3, 0.4) is 0 Å². The van der Waals surface area contributed by atoms with Gasteiger partial charge in [-0.3, -0.25) is 10.2 Å². The first kappa shape index (κ1) is 13.4. The summed E-state index contributed by atoms with van der Waals surface area (Å²) in [6.07, 6.45) is 3.40. The summed E-state index contributed by atoms with van der Waals surface area (Å²) >= 11 is 0. The molecule has 0 spiro atoms. The fraction of sp³-hybridized carbons (Fsp3) is 0.900. The Kier molecular flexibility index (Phi) is 6.49. The van der Waals surface area contributed by atoms with E-state index in [-0.39, 0.29) is 5.91 Å². The quantitative estimate of drug-likeness (QED) is 0.282. The fourth-order valence-corrected chi connectivity index (χ4v) is 1.04. The Hall–Kier alpha value is -0.610. The Labute approximate surface area is 86.2 Å². The van der Waals surface area contributed by atoms with Crippen LogP contribution in [0.4, 0.5) is 0 Å². The van der Waals surface area contributed by atoms with E-state index in [0.29, 0.717) is 6.61 Å². The van der Waals surface area contributed by atoms with Gasteiger partial charge in [-0.2, -0.15) is 0 Å². The van der Waals surface area contributed by atoms with Crippen molar-refractivity contribution in [1.29, 1.82) is 0 Å². The van der Waals surface area contributed by atoms with Crippen molar-refractivity contribution in [3.05, 3.63) is 0 Å². The van der Waals surface area contributed by atoms with E-state index in [1.54, 1.807) is 0 Å². The highest BCUT2D eigenvalue weighted by Crippen LogP contribution is 2.15. The predicted octanol–water partition coefficient (Wildman–Crippen LogP) is 1.21. The largest absolute Gasteiger partial charge is 0.380 e. The van der Waals surface area contributed by atoms with Gasteiger partial charge in [-0.1, -0.05) is 19.8 Å². The van der Waals surface area contributed by atoms with E-state index in [1.807, 2.05) is 13.8 Å². The number of hydrogen-bond donors (Lipinski definition) is 2. The highest BCUT2D eigenvalue weighted by Gasteiger charge is 2.26. The summed E-state index contributed by atoms with van der Waals surface area (Å²) < 4.78 is 5.41. The maximum atomic E-state index is 11.2. The predicted molar refractivity (Wildman–Crippen MR) is 56.5 cm³/mol. The van der Waals surface area contributed by atoms with E-state index in [9.17, 15) is 4.79 Å². The van der Waals surface area contributed by atoms with E-state index in [2.05, 4.69) is 12.3 Å². The van der Waals surface area contributed by atoms with E-state index < -0.39 is 5.41 Å². The lowest BCUT2D eigenvalue weighted by Gasteiger charge is -2.21. The van der Waals surface area contributed by atoms with Gasteiger partial charge in [-0.25, -0.2) is 5.84 Å². The zero-order valence-corrected chi connectivity index (χ0v) is 9.43. The number of hydrazine groups is 1. The SMILES string of the molecule is CCCCCOCC(C)(C)C(=O)NN. The third-order valence-electron chi connectivity index (χ3n) is 2.10. The molecule has 0 atom stereocenters. The van der Waals surface area contributed by atoms with Crippen molar-refractivity contribution < 1.29 is 9.53 Å². The van der Waals surface area contributed by atoms with Crippen molar-refractivity contribution in [2.75, 3.05) is 13.2 Å². The Morgan fingerprint density at radius 2 is 2.07 bits per heavy atom. The smallest absolute Gasteiger partial charge is 0.241 e. The molecule has 84 valence electrons. The van der Waals surface area contributed by atoms with E-state index in [0.717, 1.165) is 13.0 Å². The standard InChI is InChI=1S/C10H22N2O2/c1-4-5-6-7-14-8-10(2,3)9(13)12-11/h4-8,11H2,1-3H3,(H,12,13). The third-order valence-corrected chi connectivity index (χ3v) is 2.10. The van der Waals surface area contributed by atoms with Crippen LogP contribution in [0.2, 0.25) is 0 Å². The number of nitrogens with one attached hydrogen (secondary N) is 1. The zero-order chi connectivity index (χ0) is 11.0. The lowest BCUT2D eigenvalue weighted by molar-refractivity contribution is -0.132. The number of carbonyl (C=O) groups excluding carboxylic acids is 1. The third kappa shape index (κ3) is 5.19. The van der Waals surface area contributed by atoms with E-state index >= 15 is 0 Å². The first-order valence-corrected chi connectivity index (χ1v) is 5.13. The summed E-state index contributed by atoms with van der Waals surface area (Å²) in [6, 6.07) is 0. The second-order valence-corrected chi connectivity index (χ2v) is 4.12. The summed E-state index contributed by atoms with van der Waals surface area (Å²) in [4.78, 5) is 11.2. The molecule has 0 unspecified atom stereocenters. The summed E-state index contributed by atoms with van der Waals surface area (Å²) in [6.45, 7) is 6.91. The number of nitrogens with two attached hydrogens (primary N) is 1. The van der Waals surface area contributed by atoms with Crippen LogP contribution in [0.25, 0.3) is 0 Å². The monoisotopic (exact) mass is 202 g/mol. The molecule has 0 rings (SSSR count). The van der Waals surface area contributed by atoms with Crippen molar-refractivity contribution in [3.63, 3.8) is 0 Å². The minimum Gasteiger partial charge on any atom is -0.380 e. The number of carbonyl (C=O) groups is 1. The highest BCUT2D eigenvalue weighted by molar-refractivity contribution is 5.81. The Balaban J connectivity index is 3.60. The number of hydrogen-bond acceptors (Lipinski definition) is 3. The maximum Gasteiger partial charge on any atom is 0.241 e. The molecule has 14 heavy (non-hydrogen) atoms. The Bertz CT molecular complexity index is 170. The van der Waals surface area contributed by atoms with Gasteiger partial charge in [-0.15, -0.1) is 0 Å². The van der Waals surface area contributed by atoms with Gasteiger partial charge in [0, 0.05) is 6.61 Å². The van der Waals surface area contributed by atoms with E-state index in [1.165, 1.54) is 12.8 Å². The summed E-state index contributed by atoms with van der Waals surface area (Å²) in [5, 5.41) is 0. The van der Waals surface area contributed by atoms with Crippen LogP contribution in [0.1, 0.15) is 40.0 Å². The van der Waals surface area contributed by atoms with Gasteiger partial charge in [0.25, 0.3) is 0 Å². The van der Waals surface area contributed by atoms with Crippen LogP contribution in [-0.2, 0) is 9.53 Å². The first-order chi connectivity index (χ1) is 6.54. The van der Waals surface area contributed by atoms with Crippen molar-refractivity contribution >= 4 is 5.91 Å².